The maximum atomic E-state index is 12.0. The number of hydrogen-bond donors (Lipinski definition) is 3. The van der Waals surface area contributed by atoms with Crippen molar-refractivity contribution in [1.82, 2.24) is 0 Å². The summed E-state index contributed by atoms with van der Waals surface area (Å²) in [5.41, 5.74) is 9.30. The molecule has 0 aliphatic carbocycles. The van der Waals surface area contributed by atoms with Gasteiger partial charge in [0.05, 0.1) is 0 Å². The Balaban J connectivity index is 0.00000364. The molecule has 2 aromatic rings. The van der Waals surface area contributed by atoms with Gasteiger partial charge >= 0.3 is 0 Å². The lowest BCUT2D eigenvalue weighted by Gasteiger charge is -2.11. The van der Waals surface area contributed by atoms with Crippen LogP contribution in [0.1, 0.15) is 37.3 Å². The Bertz CT molecular complexity index is 825. The zero-order valence-corrected chi connectivity index (χ0v) is 17.9. The highest BCUT2D eigenvalue weighted by Gasteiger charge is 2.04. The van der Waals surface area contributed by atoms with Crippen molar-refractivity contribution in [3.63, 3.8) is 0 Å². The lowest BCUT2D eigenvalue weighted by atomic mass is 9.99. The number of halogens is 1. The number of carbonyl (C=O) groups excluding carboxylic acids is 1. The number of anilines is 2. The summed E-state index contributed by atoms with van der Waals surface area (Å²) in [5.74, 6) is 2.97. The van der Waals surface area contributed by atoms with Gasteiger partial charge in [0, 0.05) is 16.9 Å². The second kappa shape index (κ2) is 11.2. The zero-order valence-electron chi connectivity index (χ0n) is 15.5. The van der Waals surface area contributed by atoms with Gasteiger partial charge in [-0.05, 0) is 48.2 Å². The lowest BCUT2D eigenvalue weighted by molar-refractivity contribution is -0.114. The van der Waals surface area contributed by atoms with Gasteiger partial charge in [-0.25, -0.2) is 4.99 Å². The van der Waals surface area contributed by atoms with Crippen LogP contribution in [0.2, 0.25) is 0 Å². The van der Waals surface area contributed by atoms with Crippen molar-refractivity contribution in [3.05, 3.63) is 59.7 Å². The Hall–Kier alpha value is -2.53. The highest BCUT2D eigenvalue weighted by molar-refractivity contribution is 14.0. The first-order valence-electron chi connectivity index (χ1n) is 8.55. The van der Waals surface area contributed by atoms with Crippen LogP contribution in [0.5, 0.6) is 0 Å². The van der Waals surface area contributed by atoms with E-state index in [1.165, 1.54) is 5.56 Å². The SMILES string of the molecule is C#Cc1cccc(NC(=O)CN=C(N)Nc2ccc(C(C)CC)cc2)c1.I. The van der Waals surface area contributed by atoms with Crippen molar-refractivity contribution >= 4 is 47.2 Å². The zero-order chi connectivity index (χ0) is 18.9. The third-order valence-corrected chi connectivity index (χ3v) is 4.07. The standard InChI is InChI=1S/C21H24N4O.HI/c1-4-15(3)17-9-11-18(12-10-17)25-21(22)23-14-20(26)24-19-8-6-7-16(5-2)13-19;/h2,6-13,15H,4,14H2,1,3H3,(H,24,26)(H3,22,23,25);1H. The molecule has 142 valence electrons. The summed E-state index contributed by atoms with van der Waals surface area (Å²) in [6.45, 7) is 4.27. The van der Waals surface area contributed by atoms with Crippen molar-refractivity contribution in [2.45, 2.75) is 26.2 Å². The monoisotopic (exact) mass is 476 g/mol. The summed E-state index contributed by atoms with van der Waals surface area (Å²) in [6, 6.07) is 15.1. The van der Waals surface area contributed by atoms with Crippen molar-refractivity contribution in [3.8, 4) is 12.3 Å². The number of nitrogens with zero attached hydrogens (tertiary/aromatic N) is 1. The van der Waals surface area contributed by atoms with E-state index in [0.29, 0.717) is 17.2 Å². The number of aliphatic imine (C=N–C) groups is 1. The van der Waals surface area contributed by atoms with Gasteiger partial charge in [-0.15, -0.1) is 30.4 Å². The van der Waals surface area contributed by atoms with Gasteiger partial charge in [-0.2, -0.15) is 0 Å². The first-order valence-corrected chi connectivity index (χ1v) is 8.55. The Morgan fingerprint density at radius 2 is 1.89 bits per heavy atom. The Morgan fingerprint density at radius 3 is 2.52 bits per heavy atom. The summed E-state index contributed by atoms with van der Waals surface area (Å²) in [7, 11) is 0. The van der Waals surface area contributed by atoms with Crippen LogP contribution >= 0.6 is 24.0 Å². The summed E-state index contributed by atoms with van der Waals surface area (Å²) in [4.78, 5) is 16.0. The summed E-state index contributed by atoms with van der Waals surface area (Å²) in [5, 5.41) is 5.72. The molecule has 6 heteroatoms. The molecule has 2 rings (SSSR count). The molecule has 0 aliphatic heterocycles. The van der Waals surface area contributed by atoms with E-state index in [9.17, 15) is 4.79 Å². The second-order valence-corrected chi connectivity index (χ2v) is 6.03. The quantitative estimate of drug-likeness (QED) is 0.254. The number of rotatable bonds is 6. The third kappa shape index (κ3) is 7.31. The number of guanidine groups is 1. The average Bonchev–Trinajstić information content (AvgIpc) is 2.66. The molecule has 1 unspecified atom stereocenters. The minimum absolute atomic E-state index is 0. The fourth-order valence-corrected chi connectivity index (χ4v) is 2.36. The lowest BCUT2D eigenvalue weighted by Crippen LogP contribution is -2.25. The molecule has 0 heterocycles. The molecular weight excluding hydrogens is 451 g/mol. The molecule has 1 amide bonds. The van der Waals surface area contributed by atoms with E-state index in [4.69, 9.17) is 12.2 Å². The van der Waals surface area contributed by atoms with Crippen LogP contribution in [0.15, 0.2) is 53.5 Å². The predicted molar refractivity (Wildman–Crippen MR) is 124 cm³/mol. The average molecular weight is 476 g/mol. The molecule has 0 aromatic heterocycles. The number of carbonyl (C=O) groups is 1. The normalized spacial score (nSPS) is 11.7. The van der Waals surface area contributed by atoms with Gasteiger partial charge < -0.3 is 16.4 Å². The first kappa shape index (κ1) is 22.5. The van der Waals surface area contributed by atoms with E-state index in [-0.39, 0.29) is 42.4 Å². The topological polar surface area (TPSA) is 79.5 Å². The molecule has 2 aromatic carbocycles. The largest absolute Gasteiger partial charge is 0.370 e. The van der Waals surface area contributed by atoms with Crippen LogP contribution in [0.3, 0.4) is 0 Å². The molecule has 27 heavy (non-hydrogen) atoms. The highest BCUT2D eigenvalue weighted by Crippen LogP contribution is 2.20. The van der Waals surface area contributed by atoms with Crippen LogP contribution in [0, 0.1) is 12.3 Å². The van der Waals surface area contributed by atoms with Gasteiger partial charge in [0.15, 0.2) is 5.96 Å². The minimum Gasteiger partial charge on any atom is -0.370 e. The van der Waals surface area contributed by atoms with Crippen molar-refractivity contribution < 1.29 is 4.79 Å². The molecule has 0 spiro atoms. The maximum Gasteiger partial charge on any atom is 0.246 e. The van der Waals surface area contributed by atoms with Gasteiger partial charge in [-0.3, -0.25) is 4.79 Å². The fourth-order valence-electron chi connectivity index (χ4n) is 2.36. The number of nitrogens with one attached hydrogen (secondary N) is 2. The van der Waals surface area contributed by atoms with Gasteiger partial charge in [0.25, 0.3) is 0 Å². The van der Waals surface area contributed by atoms with E-state index in [0.717, 1.165) is 12.1 Å². The molecule has 0 saturated carbocycles. The molecule has 4 N–H and O–H groups in total. The van der Waals surface area contributed by atoms with Crippen molar-refractivity contribution in [1.29, 1.82) is 0 Å². The number of terminal acetylenes is 1. The van der Waals surface area contributed by atoms with Gasteiger partial charge in [-0.1, -0.05) is 38.0 Å². The van der Waals surface area contributed by atoms with Gasteiger partial charge in [0.2, 0.25) is 5.91 Å². The molecule has 0 saturated heterocycles. The van der Waals surface area contributed by atoms with Crippen molar-refractivity contribution in [2.75, 3.05) is 17.2 Å². The number of nitrogens with two attached hydrogens (primary N) is 1. The predicted octanol–water partition coefficient (Wildman–Crippen LogP) is 4.16. The number of benzene rings is 2. The number of hydrogen-bond acceptors (Lipinski definition) is 2. The highest BCUT2D eigenvalue weighted by atomic mass is 127. The molecular formula is C21H25IN4O. The molecule has 1 atom stereocenters. The second-order valence-electron chi connectivity index (χ2n) is 6.03. The maximum absolute atomic E-state index is 12.0. The molecule has 5 nitrogen and oxygen atoms in total. The third-order valence-electron chi connectivity index (χ3n) is 4.07. The summed E-state index contributed by atoms with van der Waals surface area (Å²) in [6.07, 6.45) is 6.44. The van der Waals surface area contributed by atoms with Gasteiger partial charge in [0.1, 0.15) is 6.54 Å². The van der Waals surface area contributed by atoms with Crippen molar-refractivity contribution in [2.24, 2.45) is 10.7 Å². The molecule has 0 radical (unpaired) electrons. The Morgan fingerprint density at radius 1 is 1.19 bits per heavy atom. The van der Waals surface area contributed by atoms with E-state index in [2.05, 4.69) is 47.5 Å². The van der Waals surface area contributed by atoms with E-state index in [1.54, 1.807) is 24.3 Å². The molecule has 0 bridgehead atoms. The van der Waals surface area contributed by atoms with E-state index >= 15 is 0 Å². The smallest absolute Gasteiger partial charge is 0.246 e. The van der Waals surface area contributed by atoms with Crippen LogP contribution in [-0.2, 0) is 4.79 Å². The van der Waals surface area contributed by atoms with Crippen LogP contribution in [-0.4, -0.2) is 18.4 Å². The first-order chi connectivity index (χ1) is 12.5. The minimum atomic E-state index is -0.268. The van der Waals surface area contributed by atoms with E-state index < -0.39 is 0 Å². The van der Waals surface area contributed by atoms with E-state index in [1.807, 2.05) is 12.1 Å². The summed E-state index contributed by atoms with van der Waals surface area (Å²) < 4.78 is 0. The molecule has 0 fully saturated rings. The Kier molecular flexibility index (Phi) is 9.37. The van der Waals surface area contributed by atoms with Crippen LogP contribution < -0.4 is 16.4 Å². The summed E-state index contributed by atoms with van der Waals surface area (Å²) >= 11 is 0. The molecule has 0 aliphatic rings. The fraction of sp³-hybridized carbons (Fsp3) is 0.238. The Labute approximate surface area is 177 Å². The van der Waals surface area contributed by atoms with Crippen LogP contribution in [0.4, 0.5) is 11.4 Å². The number of amides is 1. The van der Waals surface area contributed by atoms with Crippen LogP contribution in [0.25, 0.3) is 0 Å².